The van der Waals surface area contributed by atoms with Crippen molar-refractivity contribution in [3.05, 3.63) is 71.9 Å². The predicted molar refractivity (Wildman–Crippen MR) is 118 cm³/mol. The van der Waals surface area contributed by atoms with E-state index in [1.54, 1.807) is 19.2 Å². The Bertz CT molecular complexity index is 1090. The topological polar surface area (TPSA) is 83.1 Å². The Kier molecular flexibility index (Phi) is 7.18. The van der Waals surface area contributed by atoms with Gasteiger partial charge in [0.2, 0.25) is 10.0 Å². The number of nitrogens with one attached hydrogen (secondary N) is 1. The van der Waals surface area contributed by atoms with Gasteiger partial charge in [-0.1, -0.05) is 48.9 Å². The minimum absolute atomic E-state index is 0.149. The number of ketones is 1. The van der Waals surface area contributed by atoms with Gasteiger partial charge in [0.1, 0.15) is 0 Å². The van der Waals surface area contributed by atoms with Crippen molar-refractivity contribution in [1.82, 2.24) is 14.5 Å². The van der Waals surface area contributed by atoms with Crippen LogP contribution in [0.1, 0.15) is 42.2 Å². The summed E-state index contributed by atoms with van der Waals surface area (Å²) in [5.41, 5.74) is 3.50. The molecule has 0 saturated carbocycles. The predicted octanol–water partition coefficient (Wildman–Crippen LogP) is 4.31. The van der Waals surface area contributed by atoms with Crippen molar-refractivity contribution in [1.29, 1.82) is 0 Å². The van der Waals surface area contributed by atoms with E-state index in [1.807, 2.05) is 30.3 Å². The molecule has 3 aromatic rings. The van der Waals surface area contributed by atoms with E-state index >= 15 is 0 Å². The average Bonchev–Trinajstić information content (AvgIpc) is 3.23. The maximum absolute atomic E-state index is 12.7. The van der Waals surface area contributed by atoms with E-state index in [1.165, 1.54) is 23.4 Å². The Morgan fingerprint density at radius 1 is 1.00 bits per heavy atom. The van der Waals surface area contributed by atoms with Crippen molar-refractivity contribution in [2.24, 2.45) is 0 Å². The summed E-state index contributed by atoms with van der Waals surface area (Å²) in [4.78, 5) is 11.7. The number of aromatic amines is 1. The third kappa shape index (κ3) is 5.43. The van der Waals surface area contributed by atoms with E-state index in [-0.39, 0.29) is 10.7 Å². The molecule has 7 heteroatoms. The molecule has 0 fully saturated rings. The van der Waals surface area contributed by atoms with Gasteiger partial charge in [0.15, 0.2) is 5.78 Å². The number of benzene rings is 2. The average molecular weight is 426 g/mol. The quantitative estimate of drug-likeness (QED) is 0.387. The fraction of sp³-hybridized carbons (Fsp3) is 0.304. The van der Waals surface area contributed by atoms with Crippen LogP contribution in [0.2, 0.25) is 0 Å². The number of H-pyrrole nitrogens is 1. The Morgan fingerprint density at radius 2 is 1.77 bits per heavy atom. The lowest BCUT2D eigenvalue weighted by atomic mass is 10.1. The summed E-state index contributed by atoms with van der Waals surface area (Å²) >= 11 is 0. The van der Waals surface area contributed by atoms with Gasteiger partial charge in [0.25, 0.3) is 0 Å². The Balaban J connectivity index is 1.47. The third-order valence-corrected chi connectivity index (χ3v) is 6.92. The van der Waals surface area contributed by atoms with Crippen LogP contribution in [0.4, 0.5) is 0 Å². The normalized spacial score (nSPS) is 11.7. The molecule has 0 saturated heterocycles. The zero-order chi connectivity index (χ0) is 21.6. The number of carbonyl (C=O) groups excluding carboxylic acids is 1. The summed E-state index contributed by atoms with van der Waals surface area (Å²) in [5.74, 6) is -0.149. The lowest BCUT2D eigenvalue weighted by Gasteiger charge is -2.17. The van der Waals surface area contributed by atoms with Crippen molar-refractivity contribution >= 4 is 15.8 Å². The molecule has 0 unspecified atom stereocenters. The molecule has 2 aromatic carbocycles. The molecule has 0 radical (unpaired) electrons. The van der Waals surface area contributed by atoms with E-state index in [9.17, 15) is 13.2 Å². The van der Waals surface area contributed by atoms with Crippen molar-refractivity contribution in [2.45, 2.75) is 37.5 Å². The number of Topliss-reactive ketones (excluding diaryl/α,β-unsaturated/α-hetero) is 1. The first-order valence-electron chi connectivity index (χ1n) is 10.0. The van der Waals surface area contributed by atoms with Crippen LogP contribution in [0.5, 0.6) is 0 Å². The second-order valence-electron chi connectivity index (χ2n) is 7.37. The zero-order valence-electron chi connectivity index (χ0n) is 17.3. The number of sulfonamides is 1. The van der Waals surface area contributed by atoms with Crippen LogP contribution in [-0.2, 0) is 16.4 Å². The van der Waals surface area contributed by atoms with Crippen molar-refractivity contribution in [3.8, 4) is 11.3 Å². The van der Waals surface area contributed by atoms with Crippen LogP contribution in [0.25, 0.3) is 11.3 Å². The minimum Gasteiger partial charge on any atom is -0.295 e. The van der Waals surface area contributed by atoms with Crippen LogP contribution < -0.4 is 0 Å². The first-order valence-corrected chi connectivity index (χ1v) is 11.5. The molecule has 0 aliphatic heterocycles. The van der Waals surface area contributed by atoms with Crippen LogP contribution in [-0.4, -0.2) is 42.3 Å². The summed E-state index contributed by atoms with van der Waals surface area (Å²) in [7, 11) is -2.02. The first kappa shape index (κ1) is 21.9. The summed E-state index contributed by atoms with van der Waals surface area (Å²) in [5, 5.41) is 7.44. The van der Waals surface area contributed by atoms with Gasteiger partial charge in [-0.15, -0.1) is 0 Å². The smallest absolute Gasteiger partial charge is 0.242 e. The van der Waals surface area contributed by atoms with E-state index in [2.05, 4.69) is 16.3 Å². The second kappa shape index (κ2) is 9.82. The summed E-state index contributed by atoms with van der Waals surface area (Å²) in [6.07, 6.45) is 3.50. The number of rotatable bonds is 10. The Labute approximate surface area is 178 Å². The molecule has 1 aromatic heterocycles. The number of unbranched alkanes of at least 4 members (excludes halogenated alkanes) is 2. The molecular weight excluding hydrogens is 398 g/mol. The minimum atomic E-state index is -3.60. The number of carbonyl (C=O) groups is 1. The fourth-order valence-corrected chi connectivity index (χ4v) is 4.50. The first-order chi connectivity index (χ1) is 14.4. The molecule has 0 amide bonds. The lowest BCUT2D eigenvalue weighted by molar-refractivity contribution is 0.101. The molecule has 158 valence electrons. The summed E-state index contributed by atoms with van der Waals surface area (Å²) in [6, 6.07) is 18.3. The number of aryl methyl sites for hydroxylation is 1. The van der Waals surface area contributed by atoms with Gasteiger partial charge in [0, 0.05) is 30.4 Å². The summed E-state index contributed by atoms with van der Waals surface area (Å²) in [6.45, 7) is 1.86. The highest BCUT2D eigenvalue weighted by Crippen LogP contribution is 2.19. The summed E-state index contributed by atoms with van der Waals surface area (Å²) < 4.78 is 26.8. The molecule has 3 rings (SSSR count). The van der Waals surface area contributed by atoms with E-state index in [0.29, 0.717) is 12.1 Å². The molecule has 0 atom stereocenters. The Hall–Kier alpha value is -2.77. The molecular formula is C23H27N3O3S. The number of hydrogen-bond acceptors (Lipinski definition) is 4. The van der Waals surface area contributed by atoms with Crippen LogP contribution >= 0.6 is 0 Å². The highest BCUT2D eigenvalue weighted by Gasteiger charge is 2.21. The van der Waals surface area contributed by atoms with Crippen molar-refractivity contribution < 1.29 is 13.2 Å². The molecule has 6 nitrogen and oxygen atoms in total. The van der Waals surface area contributed by atoms with Gasteiger partial charge in [-0.3, -0.25) is 9.89 Å². The maximum atomic E-state index is 12.7. The standard InChI is InChI=1S/C23H27N3O3S/c1-18(27)20-12-9-14-22(16-20)30(28,29)26(2)15-8-4-7-13-21-17-23(25-24-21)19-10-5-3-6-11-19/h3,5-6,9-12,14,16-17H,4,7-8,13,15H2,1-2H3,(H,24,25). The maximum Gasteiger partial charge on any atom is 0.242 e. The second-order valence-corrected chi connectivity index (χ2v) is 9.41. The lowest BCUT2D eigenvalue weighted by Crippen LogP contribution is -2.28. The molecule has 30 heavy (non-hydrogen) atoms. The molecule has 1 N–H and O–H groups in total. The highest BCUT2D eigenvalue weighted by molar-refractivity contribution is 7.89. The van der Waals surface area contributed by atoms with E-state index in [4.69, 9.17) is 0 Å². The van der Waals surface area contributed by atoms with Gasteiger partial charge < -0.3 is 0 Å². The number of aromatic nitrogens is 2. The van der Waals surface area contributed by atoms with Crippen molar-refractivity contribution in [3.63, 3.8) is 0 Å². The molecule has 0 aliphatic carbocycles. The van der Waals surface area contributed by atoms with E-state index < -0.39 is 10.0 Å². The number of nitrogens with zero attached hydrogens (tertiary/aromatic N) is 2. The molecule has 0 spiro atoms. The van der Waals surface area contributed by atoms with Crippen molar-refractivity contribution in [2.75, 3.05) is 13.6 Å². The monoisotopic (exact) mass is 425 g/mol. The van der Waals surface area contributed by atoms with Gasteiger partial charge >= 0.3 is 0 Å². The third-order valence-electron chi connectivity index (χ3n) is 5.07. The largest absolute Gasteiger partial charge is 0.295 e. The Morgan fingerprint density at radius 3 is 2.50 bits per heavy atom. The molecule has 0 aliphatic rings. The fourth-order valence-electron chi connectivity index (χ4n) is 3.25. The van der Waals surface area contributed by atoms with Gasteiger partial charge in [-0.05, 0) is 44.4 Å². The molecule has 0 bridgehead atoms. The zero-order valence-corrected chi connectivity index (χ0v) is 18.2. The van der Waals surface area contributed by atoms with E-state index in [0.717, 1.165) is 42.6 Å². The SMILES string of the molecule is CC(=O)c1cccc(S(=O)(=O)N(C)CCCCCc2cc(-c3ccccc3)n[nH]2)c1. The van der Waals surface area contributed by atoms with Gasteiger partial charge in [0.05, 0.1) is 10.6 Å². The highest BCUT2D eigenvalue weighted by atomic mass is 32.2. The van der Waals surface area contributed by atoms with Crippen LogP contribution in [0, 0.1) is 0 Å². The van der Waals surface area contributed by atoms with Gasteiger partial charge in [-0.25, -0.2) is 12.7 Å². The van der Waals surface area contributed by atoms with Crippen LogP contribution in [0.3, 0.4) is 0 Å². The van der Waals surface area contributed by atoms with Crippen LogP contribution in [0.15, 0.2) is 65.6 Å². The molecule has 1 heterocycles. The number of hydrogen-bond donors (Lipinski definition) is 1. The van der Waals surface area contributed by atoms with Gasteiger partial charge in [-0.2, -0.15) is 5.10 Å².